The van der Waals surface area contributed by atoms with Crippen molar-refractivity contribution >= 4 is 0 Å². The SMILES string of the molecule is CCOc1cccc(C2CCCNC2)c1OC. The van der Waals surface area contributed by atoms with E-state index in [9.17, 15) is 0 Å². The lowest BCUT2D eigenvalue weighted by atomic mass is 9.91. The summed E-state index contributed by atoms with van der Waals surface area (Å²) < 4.78 is 11.1. The van der Waals surface area contributed by atoms with Gasteiger partial charge in [-0.2, -0.15) is 0 Å². The number of benzene rings is 1. The van der Waals surface area contributed by atoms with Gasteiger partial charge in [-0.1, -0.05) is 12.1 Å². The van der Waals surface area contributed by atoms with Crippen LogP contribution >= 0.6 is 0 Å². The summed E-state index contributed by atoms with van der Waals surface area (Å²) in [4.78, 5) is 0. The fourth-order valence-electron chi connectivity index (χ4n) is 2.46. The second-order valence-electron chi connectivity index (χ2n) is 4.35. The molecule has 1 aromatic rings. The summed E-state index contributed by atoms with van der Waals surface area (Å²) >= 11 is 0. The molecule has 0 saturated carbocycles. The first-order valence-corrected chi connectivity index (χ1v) is 6.37. The number of hydrogen-bond donors (Lipinski definition) is 1. The second-order valence-corrected chi connectivity index (χ2v) is 4.35. The maximum Gasteiger partial charge on any atom is 0.164 e. The molecule has 0 aromatic heterocycles. The quantitative estimate of drug-likeness (QED) is 0.870. The first-order valence-electron chi connectivity index (χ1n) is 6.37. The Balaban J connectivity index is 2.28. The minimum absolute atomic E-state index is 0.541. The Labute approximate surface area is 103 Å². The number of ether oxygens (including phenoxy) is 2. The van der Waals surface area contributed by atoms with Gasteiger partial charge in [-0.3, -0.25) is 0 Å². The van der Waals surface area contributed by atoms with Crippen molar-refractivity contribution in [2.75, 3.05) is 26.8 Å². The Morgan fingerprint density at radius 1 is 1.41 bits per heavy atom. The van der Waals surface area contributed by atoms with Gasteiger partial charge >= 0.3 is 0 Å². The molecular weight excluding hydrogens is 214 g/mol. The highest BCUT2D eigenvalue weighted by Crippen LogP contribution is 2.37. The standard InChI is InChI=1S/C14H21NO2/c1-3-17-13-8-4-7-12(14(13)16-2)11-6-5-9-15-10-11/h4,7-8,11,15H,3,5-6,9-10H2,1-2H3. The summed E-state index contributed by atoms with van der Waals surface area (Å²) in [6.07, 6.45) is 2.45. The summed E-state index contributed by atoms with van der Waals surface area (Å²) in [6, 6.07) is 6.18. The largest absolute Gasteiger partial charge is 0.493 e. The van der Waals surface area contributed by atoms with Crippen molar-refractivity contribution in [3.63, 3.8) is 0 Å². The molecule has 0 bridgehead atoms. The van der Waals surface area contributed by atoms with E-state index in [2.05, 4.69) is 17.4 Å². The molecule has 2 rings (SSSR count). The minimum Gasteiger partial charge on any atom is -0.493 e. The smallest absolute Gasteiger partial charge is 0.164 e. The molecule has 1 heterocycles. The molecule has 3 heteroatoms. The highest BCUT2D eigenvalue weighted by Gasteiger charge is 2.20. The number of hydrogen-bond acceptors (Lipinski definition) is 3. The van der Waals surface area contributed by atoms with Crippen LogP contribution in [-0.2, 0) is 0 Å². The maximum atomic E-state index is 5.61. The molecule has 0 amide bonds. The number of rotatable bonds is 4. The van der Waals surface area contributed by atoms with Gasteiger partial charge in [0.15, 0.2) is 11.5 Å². The van der Waals surface area contributed by atoms with Crippen LogP contribution in [0.5, 0.6) is 11.5 Å². The first-order chi connectivity index (χ1) is 8.36. The predicted octanol–water partition coefficient (Wildman–Crippen LogP) is 2.56. The van der Waals surface area contributed by atoms with Gasteiger partial charge in [-0.15, -0.1) is 0 Å². The molecule has 17 heavy (non-hydrogen) atoms. The van der Waals surface area contributed by atoms with Crippen LogP contribution in [0.2, 0.25) is 0 Å². The van der Waals surface area contributed by atoms with Gasteiger partial charge in [-0.25, -0.2) is 0 Å². The lowest BCUT2D eigenvalue weighted by Gasteiger charge is -2.25. The average molecular weight is 235 g/mol. The topological polar surface area (TPSA) is 30.5 Å². The lowest BCUT2D eigenvalue weighted by molar-refractivity contribution is 0.306. The molecule has 94 valence electrons. The second kappa shape index (κ2) is 5.92. The van der Waals surface area contributed by atoms with Gasteiger partial charge in [0, 0.05) is 18.0 Å². The monoisotopic (exact) mass is 235 g/mol. The van der Waals surface area contributed by atoms with Gasteiger partial charge in [-0.05, 0) is 32.4 Å². The van der Waals surface area contributed by atoms with Crippen LogP contribution in [-0.4, -0.2) is 26.8 Å². The number of methoxy groups -OCH3 is 1. The zero-order valence-corrected chi connectivity index (χ0v) is 10.7. The molecule has 1 atom stereocenters. The molecule has 0 radical (unpaired) electrons. The first kappa shape index (κ1) is 12.2. The van der Waals surface area contributed by atoms with E-state index in [1.807, 2.05) is 13.0 Å². The molecule has 1 fully saturated rings. The Bertz CT molecular complexity index is 359. The molecule has 0 aliphatic carbocycles. The fourth-order valence-corrected chi connectivity index (χ4v) is 2.46. The van der Waals surface area contributed by atoms with Crippen LogP contribution < -0.4 is 14.8 Å². The van der Waals surface area contributed by atoms with Gasteiger partial charge < -0.3 is 14.8 Å². The highest BCUT2D eigenvalue weighted by molar-refractivity contribution is 5.48. The van der Waals surface area contributed by atoms with E-state index in [-0.39, 0.29) is 0 Å². The van der Waals surface area contributed by atoms with E-state index in [4.69, 9.17) is 9.47 Å². The Morgan fingerprint density at radius 3 is 2.94 bits per heavy atom. The van der Waals surface area contributed by atoms with E-state index >= 15 is 0 Å². The summed E-state index contributed by atoms with van der Waals surface area (Å²) in [5, 5.41) is 3.44. The maximum absolute atomic E-state index is 5.61. The Kier molecular flexibility index (Phi) is 4.26. The van der Waals surface area contributed by atoms with Gasteiger partial charge in [0.05, 0.1) is 13.7 Å². The van der Waals surface area contributed by atoms with E-state index in [0.717, 1.165) is 24.6 Å². The highest BCUT2D eigenvalue weighted by atomic mass is 16.5. The molecule has 1 saturated heterocycles. The van der Waals surface area contributed by atoms with Crippen LogP contribution in [0.15, 0.2) is 18.2 Å². The van der Waals surface area contributed by atoms with Gasteiger partial charge in [0.25, 0.3) is 0 Å². The fraction of sp³-hybridized carbons (Fsp3) is 0.571. The van der Waals surface area contributed by atoms with Gasteiger partial charge in [0.1, 0.15) is 0 Å². The van der Waals surface area contributed by atoms with Crippen molar-refractivity contribution in [1.82, 2.24) is 5.32 Å². The molecule has 1 aromatic carbocycles. The predicted molar refractivity (Wildman–Crippen MR) is 69.0 cm³/mol. The third-order valence-electron chi connectivity index (χ3n) is 3.25. The molecule has 1 aliphatic heterocycles. The molecule has 3 nitrogen and oxygen atoms in total. The zero-order chi connectivity index (χ0) is 12.1. The van der Waals surface area contributed by atoms with Gasteiger partial charge in [0.2, 0.25) is 0 Å². The van der Waals surface area contributed by atoms with Crippen LogP contribution in [0.25, 0.3) is 0 Å². The third-order valence-corrected chi connectivity index (χ3v) is 3.25. The van der Waals surface area contributed by atoms with Crippen molar-refractivity contribution in [1.29, 1.82) is 0 Å². The number of nitrogens with one attached hydrogen (secondary N) is 1. The molecule has 0 spiro atoms. The van der Waals surface area contributed by atoms with Crippen LogP contribution in [0, 0.1) is 0 Å². The van der Waals surface area contributed by atoms with Crippen molar-refractivity contribution in [2.45, 2.75) is 25.7 Å². The Hall–Kier alpha value is -1.22. The zero-order valence-electron chi connectivity index (χ0n) is 10.7. The van der Waals surface area contributed by atoms with Crippen LogP contribution in [0.4, 0.5) is 0 Å². The van der Waals surface area contributed by atoms with E-state index < -0.39 is 0 Å². The average Bonchev–Trinajstić information content (AvgIpc) is 2.40. The molecule has 1 unspecified atom stereocenters. The normalized spacial score (nSPS) is 20.0. The van der Waals surface area contributed by atoms with E-state index in [1.165, 1.54) is 18.4 Å². The minimum atomic E-state index is 0.541. The lowest BCUT2D eigenvalue weighted by Crippen LogP contribution is -2.28. The number of para-hydroxylation sites is 1. The molecule has 1 aliphatic rings. The van der Waals surface area contributed by atoms with Crippen molar-refractivity contribution < 1.29 is 9.47 Å². The van der Waals surface area contributed by atoms with Crippen molar-refractivity contribution in [2.24, 2.45) is 0 Å². The van der Waals surface area contributed by atoms with E-state index in [1.54, 1.807) is 7.11 Å². The summed E-state index contributed by atoms with van der Waals surface area (Å²) in [7, 11) is 1.72. The summed E-state index contributed by atoms with van der Waals surface area (Å²) in [6.45, 7) is 4.83. The third kappa shape index (κ3) is 2.72. The molecule has 1 N–H and O–H groups in total. The van der Waals surface area contributed by atoms with Crippen LogP contribution in [0.1, 0.15) is 31.2 Å². The van der Waals surface area contributed by atoms with Crippen LogP contribution in [0.3, 0.4) is 0 Å². The van der Waals surface area contributed by atoms with Crippen molar-refractivity contribution in [3.05, 3.63) is 23.8 Å². The summed E-state index contributed by atoms with van der Waals surface area (Å²) in [5.74, 6) is 2.31. The number of piperidine rings is 1. The summed E-state index contributed by atoms with van der Waals surface area (Å²) in [5.41, 5.74) is 1.27. The Morgan fingerprint density at radius 2 is 2.29 bits per heavy atom. The van der Waals surface area contributed by atoms with Crippen molar-refractivity contribution in [3.8, 4) is 11.5 Å². The van der Waals surface area contributed by atoms with E-state index in [0.29, 0.717) is 12.5 Å². The molecular formula is C14H21NO2.